The van der Waals surface area contributed by atoms with Gasteiger partial charge in [0, 0.05) is 12.6 Å². The lowest BCUT2D eigenvalue weighted by molar-refractivity contribution is 0.395. The Morgan fingerprint density at radius 3 is 3.15 bits per heavy atom. The minimum atomic E-state index is -0.0313. The monoisotopic (exact) mass is 305 g/mol. The van der Waals surface area contributed by atoms with E-state index in [4.69, 9.17) is 4.52 Å². The van der Waals surface area contributed by atoms with Crippen LogP contribution in [0.2, 0.25) is 0 Å². The highest BCUT2D eigenvalue weighted by atomic mass is 32.2. The first-order chi connectivity index (χ1) is 9.79. The molecule has 0 radical (unpaired) electrons. The third-order valence-corrected chi connectivity index (χ3v) is 4.50. The van der Waals surface area contributed by atoms with E-state index in [2.05, 4.69) is 16.7 Å². The lowest BCUT2D eigenvalue weighted by atomic mass is 10.4. The van der Waals surface area contributed by atoms with Crippen LogP contribution in [0.25, 0.3) is 10.2 Å². The van der Waals surface area contributed by atoms with Gasteiger partial charge in [-0.2, -0.15) is 0 Å². The number of aromatic nitrogens is 3. The molecule has 0 amide bonds. The summed E-state index contributed by atoms with van der Waals surface area (Å²) in [6.45, 7) is 4.13. The molecule has 3 rings (SSSR count). The summed E-state index contributed by atoms with van der Waals surface area (Å²) < 4.78 is 6.68. The fraction of sp³-hybridized carbons (Fsp3) is 0.154. The van der Waals surface area contributed by atoms with Crippen LogP contribution in [0.1, 0.15) is 5.76 Å². The van der Waals surface area contributed by atoms with E-state index in [1.54, 1.807) is 29.0 Å². The van der Waals surface area contributed by atoms with Gasteiger partial charge >= 0.3 is 0 Å². The molecule has 0 aliphatic rings. The molecule has 7 heteroatoms. The molecular weight excluding hydrogens is 294 g/mol. The van der Waals surface area contributed by atoms with Gasteiger partial charge in [-0.05, 0) is 11.4 Å². The Labute approximate surface area is 122 Å². The number of allylic oxidation sites excluding steroid dienone is 1. The van der Waals surface area contributed by atoms with Crippen molar-refractivity contribution in [3.63, 3.8) is 0 Å². The number of hydrogen-bond donors (Lipinski definition) is 0. The molecule has 20 heavy (non-hydrogen) atoms. The van der Waals surface area contributed by atoms with Crippen molar-refractivity contribution in [2.75, 3.05) is 0 Å². The van der Waals surface area contributed by atoms with Crippen LogP contribution >= 0.6 is 23.1 Å². The van der Waals surface area contributed by atoms with Gasteiger partial charge in [-0.25, -0.2) is 4.98 Å². The standard InChI is InChI=1S/C13H11N3O2S2/c1-2-6-16-12(17)10-4-7-19-11(10)15-13(16)20-8-9-3-5-14-18-9/h2-5,7H,1,6,8H2. The van der Waals surface area contributed by atoms with Gasteiger partial charge in [0.25, 0.3) is 5.56 Å². The van der Waals surface area contributed by atoms with E-state index >= 15 is 0 Å². The second-order valence-corrected chi connectivity index (χ2v) is 5.84. The van der Waals surface area contributed by atoms with Crippen molar-refractivity contribution in [2.24, 2.45) is 0 Å². The summed E-state index contributed by atoms with van der Waals surface area (Å²) in [5.41, 5.74) is -0.0313. The molecule has 3 heterocycles. The van der Waals surface area contributed by atoms with Crippen LogP contribution in [0.5, 0.6) is 0 Å². The highest BCUT2D eigenvalue weighted by Gasteiger charge is 2.12. The summed E-state index contributed by atoms with van der Waals surface area (Å²) in [6, 6.07) is 3.60. The van der Waals surface area contributed by atoms with Crippen LogP contribution in [0.4, 0.5) is 0 Å². The molecule has 0 saturated carbocycles. The van der Waals surface area contributed by atoms with Crippen LogP contribution in [-0.2, 0) is 12.3 Å². The number of nitrogens with zero attached hydrogens (tertiary/aromatic N) is 3. The third-order valence-electron chi connectivity index (χ3n) is 2.69. The number of thiophene rings is 1. The zero-order chi connectivity index (χ0) is 13.9. The van der Waals surface area contributed by atoms with E-state index in [1.807, 2.05) is 5.38 Å². The van der Waals surface area contributed by atoms with Gasteiger partial charge in [0.2, 0.25) is 0 Å². The van der Waals surface area contributed by atoms with Gasteiger partial charge in [-0.3, -0.25) is 9.36 Å². The van der Waals surface area contributed by atoms with Crippen molar-refractivity contribution in [1.29, 1.82) is 0 Å². The van der Waals surface area contributed by atoms with Gasteiger partial charge in [-0.15, -0.1) is 17.9 Å². The molecule has 5 nitrogen and oxygen atoms in total. The molecule has 0 atom stereocenters. The van der Waals surface area contributed by atoms with Crippen molar-refractivity contribution in [2.45, 2.75) is 17.5 Å². The first-order valence-electron chi connectivity index (χ1n) is 5.91. The minimum absolute atomic E-state index is 0.0313. The third kappa shape index (κ3) is 2.41. The smallest absolute Gasteiger partial charge is 0.263 e. The molecular formula is C13H11N3O2S2. The Hall–Kier alpha value is -1.86. The number of thioether (sulfide) groups is 1. The quantitative estimate of drug-likeness (QED) is 0.412. The number of fused-ring (bicyclic) bond motifs is 1. The van der Waals surface area contributed by atoms with Crippen molar-refractivity contribution in [3.05, 3.63) is 52.5 Å². The fourth-order valence-electron chi connectivity index (χ4n) is 1.78. The summed E-state index contributed by atoms with van der Waals surface area (Å²) >= 11 is 2.92. The van der Waals surface area contributed by atoms with Gasteiger partial charge in [-0.1, -0.05) is 23.0 Å². The van der Waals surface area contributed by atoms with Gasteiger partial charge in [0.05, 0.1) is 17.3 Å². The highest BCUT2D eigenvalue weighted by molar-refractivity contribution is 7.98. The molecule has 0 fully saturated rings. The van der Waals surface area contributed by atoms with E-state index < -0.39 is 0 Å². The zero-order valence-electron chi connectivity index (χ0n) is 10.5. The van der Waals surface area contributed by atoms with Gasteiger partial charge in [0.15, 0.2) is 5.16 Å². The average Bonchev–Trinajstić information content (AvgIpc) is 3.10. The summed E-state index contributed by atoms with van der Waals surface area (Å²) in [5.74, 6) is 1.33. The van der Waals surface area contributed by atoms with E-state index in [0.717, 1.165) is 10.6 Å². The molecule has 0 spiro atoms. The number of rotatable bonds is 5. The van der Waals surface area contributed by atoms with Crippen molar-refractivity contribution in [3.8, 4) is 0 Å². The van der Waals surface area contributed by atoms with Crippen LogP contribution in [0, 0.1) is 0 Å². The van der Waals surface area contributed by atoms with E-state index in [9.17, 15) is 4.79 Å². The number of hydrogen-bond acceptors (Lipinski definition) is 6. The lowest BCUT2D eigenvalue weighted by Gasteiger charge is -2.08. The molecule has 0 aliphatic heterocycles. The van der Waals surface area contributed by atoms with Crippen LogP contribution < -0.4 is 5.56 Å². The Bertz CT molecular complexity index is 790. The Morgan fingerprint density at radius 1 is 1.50 bits per heavy atom. The van der Waals surface area contributed by atoms with Crippen molar-refractivity contribution in [1.82, 2.24) is 14.7 Å². The predicted molar refractivity (Wildman–Crippen MR) is 80.1 cm³/mol. The maximum Gasteiger partial charge on any atom is 0.263 e. The SMILES string of the molecule is C=CCn1c(SCc2ccno2)nc2sccc2c1=O. The minimum Gasteiger partial charge on any atom is -0.361 e. The van der Waals surface area contributed by atoms with Gasteiger partial charge in [0.1, 0.15) is 10.6 Å². The van der Waals surface area contributed by atoms with Gasteiger partial charge < -0.3 is 4.52 Å². The molecule has 0 unspecified atom stereocenters. The highest BCUT2D eigenvalue weighted by Crippen LogP contribution is 2.23. The Balaban J connectivity index is 2.00. The molecule has 0 aliphatic carbocycles. The lowest BCUT2D eigenvalue weighted by Crippen LogP contribution is -2.22. The fourth-order valence-corrected chi connectivity index (χ4v) is 3.48. The normalized spacial score (nSPS) is 11.0. The second kappa shape index (κ2) is 5.64. The van der Waals surface area contributed by atoms with Crippen LogP contribution in [0.3, 0.4) is 0 Å². The Morgan fingerprint density at radius 2 is 2.40 bits per heavy atom. The maximum absolute atomic E-state index is 12.4. The molecule has 0 N–H and O–H groups in total. The molecule has 102 valence electrons. The van der Waals surface area contributed by atoms with Crippen LogP contribution in [0.15, 0.2) is 50.8 Å². The summed E-state index contributed by atoms with van der Waals surface area (Å²) in [5, 5.41) is 6.86. The first-order valence-corrected chi connectivity index (χ1v) is 7.77. The molecule has 0 saturated heterocycles. The average molecular weight is 305 g/mol. The van der Waals surface area contributed by atoms with Crippen molar-refractivity contribution >= 4 is 33.3 Å². The predicted octanol–water partition coefficient (Wildman–Crippen LogP) is 2.92. The molecule has 3 aromatic heterocycles. The first kappa shape index (κ1) is 13.1. The van der Waals surface area contributed by atoms with E-state index in [1.165, 1.54) is 23.1 Å². The second-order valence-electron chi connectivity index (χ2n) is 4.01. The van der Waals surface area contributed by atoms with Crippen LogP contribution in [-0.4, -0.2) is 14.7 Å². The van der Waals surface area contributed by atoms with Crippen molar-refractivity contribution < 1.29 is 4.52 Å². The van der Waals surface area contributed by atoms with E-state index in [-0.39, 0.29) is 5.56 Å². The summed E-state index contributed by atoms with van der Waals surface area (Å²) in [6.07, 6.45) is 3.29. The Kier molecular flexibility index (Phi) is 3.70. The summed E-state index contributed by atoms with van der Waals surface area (Å²) in [7, 11) is 0. The molecule has 3 aromatic rings. The maximum atomic E-state index is 12.4. The summed E-state index contributed by atoms with van der Waals surface area (Å²) in [4.78, 5) is 17.7. The zero-order valence-corrected chi connectivity index (χ0v) is 12.1. The van der Waals surface area contributed by atoms with E-state index in [0.29, 0.717) is 22.8 Å². The molecule has 0 aromatic carbocycles. The largest absolute Gasteiger partial charge is 0.361 e. The topological polar surface area (TPSA) is 60.9 Å². The molecule has 0 bridgehead atoms.